The van der Waals surface area contributed by atoms with E-state index < -0.39 is 11.0 Å². The Bertz CT molecular complexity index is 986. The molecule has 132 valence electrons. The summed E-state index contributed by atoms with van der Waals surface area (Å²) >= 11 is 0. The molecule has 0 aliphatic carbocycles. The van der Waals surface area contributed by atoms with Crippen molar-refractivity contribution in [3.05, 3.63) is 69.9 Å². The van der Waals surface area contributed by atoms with Crippen LogP contribution in [0.5, 0.6) is 0 Å². The number of aromatic nitrogens is 1. The van der Waals surface area contributed by atoms with E-state index in [0.29, 0.717) is 28.8 Å². The number of non-ortho nitro benzene ring substituents is 1. The molecule has 26 heavy (non-hydrogen) atoms. The number of nitrogens with two attached hydrogens (primary N) is 1. The number of anilines is 2. The third kappa shape index (κ3) is 3.69. The van der Waals surface area contributed by atoms with Gasteiger partial charge in [0.15, 0.2) is 5.52 Å². The molecular weight excluding hydrogens is 334 g/mol. The van der Waals surface area contributed by atoms with Crippen molar-refractivity contribution in [1.82, 2.24) is 4.98 Å². The van der Waals surface area contributed by atoms with Gasteiger partial charge in [0, 0.05) is 35.1 Å². The lowest BCUT2D eigenvalue weighted by Gasteiger charge is -2.11. The van der Waals surface area contributed by atoms with Crippen LogP contribution in [0.2, 0.25) is 0 Å². The number of fused-ring (bicyclic) bond motifs is 1. The van der Waals surface area contributed by atoms with E-state index in [9.17, 15) is 14.9 Å². The zero-order chi connectivity index (χ0) is 18.7. The maximum atomic E-state index is 11.2. The summed E-state index contributed by atoms with van der Waals surface area (Å²) in [5, 5.41) is 17.7. The Morgan fingerprint density at radius 2 is 1.96 bits per heavy atom. The highest BCUT2D eigenvalue weighted by Crippen LogP contribution is 2.30. The number of primary amides is 1. The van der Waals surface area contributed by atoms with Gasteiger partial charge in [0.25, 0.3) is 5.69 Å². The number of hydrogen-bond donors (Lipinski definition) is 3. The van der Waals surface area contributed by atoms with Gasteiger partial charge in [-0.15, -0.1) is 0 Å². The smallest absolute Gasteiger partial charge is 0.316 e. The summed E-state index contributed by atoms with van der Waals surface area (Å²) in [6.45, 7) is 2.31. The Morgan fingerprint density at radius 1 is 1.23 bits per heavy atom. The molecule has 0 unspecified atom stereocenters. The van der Waals surface area contributed by atoms with Crippen molar-refractivity contribution in [1.29, 1.82) is 0 Å². The van der Waals surface area contributed by atoms with Crippen molar-refractivity contribution >= 4 is 34.0 Å². The Labute approximate surface area is 149 Å². The first-order valence-electron chi connectivity index (χ1n) is 7.88. The van der Waals surface area contributed by atoms with Crippen molar-refractivity contribution < 1.29 is 9.72 Å². The maximum Gasteiger partial charge on any atom is 0.316 e. The number of nitrogens with zero attached hydrogens (tertiary/aromatic N) is 2. The van der Waals surface area contributed by atoms with E-state index in [4.69, 9.17) is 5.73 Å². The molecule has 3 rings (SSSR count). The number of nitro benzene ring substituents is 1. The van der Waals surface area contributed by atoms with Gasteiger partial charge in [-0.25, -0.2) is 9.78 Å². The van der Waals surface area contributed by atoms with Crippen molar-refractivity contribution in [3.8, 4) is 0 Å². The minimum atomic E-state index is -0.615. The fraction of sp³-hybridized carbons (Fsp3) is 0.111. The number of hydrogen-bond acceptors (Lipinski definition) is 5. The molecule has 0 saturated heterocycles. The molecule has 4 N–H and O–H groups in total. The van der Waals surface area contributed by atoms with Crippen LogP contribution in [0.4, 0.5) is 21.9 Å². The number of benzene rings is 2. The zero-order valence-corrected chi connectivity index (χ0v) is 14.0. The molecule has 2 amide bonds. The van der Waals surface area contributed by atoms with Gasteiger partial charge in [-0.05, 0) is 30.7 Å². The number of carbonyl (C=O) groups excluding carboxylic acids is 1. The van der Waals surface area contributed by atoms with Crippen LogP contribution in [0.3, 0.4) is 0 Å². The van der Waals surface area contributed by atoms with Crippen LogP contribution >= 0.6 is 0 Å². The lowest BCUT2D eigenvalue weighted by molar-refractivity contribution is -0.383. The summed E-state index contributed by atoms with van der Waals surface area (Å²) in [6, 6.07) is 13.4. The molecule has 0 fully saturated rings. The quantitative estimate of drug-likeness (QED) is 0.479. The van der Waals surface area contributed by atoms with Gasteiger partial charge >= 0.3 is 6.03 Å². The Kier molecular flexibility index (Phi) is 4.66. The molecule has 0 saturated carbocycles. The van der Waals surface area contributed by atoms with Crippen molar-refractivity contribution in [2.75, 3.05) is 10.6 Å². The fourth-order valence-corrected chi connectivity index (χ4v) is 2.70. The molecule has 0 aliphatic rings. The van der Waals surface area contributed by atoms with Gasteiger partial charge in [-0.2, -0.15) is 0 Å². The highest BCUT2D eigenvalue weighted by molar-refractivity contribution is 5.96. The average Bonchev–Trinajstić information content (AvgIpc) is 2.59. The highest BCUT2D eigenvalue weighted by Gasteiger charge is 2.15. The van der Waals surface area contributed by atoms with Crippen LogP contribution in [0.25, 0.3) is 10.9 Å². The van der Waals surface area contributed by atoms with Crippen molar-refractivity contribution in [2.24, 2.45) is 5.73 Å². The third-order valence-electron chi connectivity index (χ3n) is 3.85. The second-order valence-corrected chi connectivity index (χ2v) is 5.78. The summed E-state index contributed by atoms with van der Waals surface area (Å²) in [6.07, 6.45) is 0. The predicted molar refractivity (Wildman–Crippen MR) is 100 cm³/mol. The Balaban J connectivity index is 1.86. The third-order valence-corrected chi connectivity index (χ3v) is 3.85. The number of para-hydroxylation sites is 1. The van der Waals surface area contributed by atoms with Crippen LogP contribution in [0, 0.1) is 17.0 Å². The van der Waals surface area contributed by atoms with E-state index >= 15 is 0 Å². The Hall–Kier alpha value is -3.68. The van der Waals surface area contributed by atoms with Crippen molar-refractivity contribution in [3.63, 3.8) is 0 Å². The van der Waals surface area contributed by atoms with E-state index in [-0.39, 0.29) is 5.69 Å². The molecular formula is C18H17N5O3. The maximum absolute atomic E-state index is 11.2. The number of rotatable bonds is 5. The molecule has 0 bridgehead atoms. The number of urea groups is 1. The molecule has 2 aromatic carbocycles. The van der Waals surface area contributed by atoms with E-state index in [1.807, 2.05) is 18.2 Å². The second-order valence-electron chi connectivity index (χ2n) is 5.78. The van der Waals surface area contributed by atoms with Gasteiger partial charge in [-0.3, -0.25) is 10.1 Å². The SMILES string of the molecule is Cc1cc(NCc2ccc(NC(N)=O)cc2)c2cccc([N+](=O)[O-])c2n1. The van der Waals surface area contributed by atoms with Crippen LogP contribution < -0.4 is 16.4 Å². The van der Waals surface area contributed by atoms with Gasteiger partial charge in [-0.1, -0.05) is 24.3 Å². The molecule has 0 atom stereocenters. The van der Waals surface area contributed by atoms with E-state index in [2.05, 4.69) is 15.6 Å². The minimum absolute atomic E-state index is 0.0175. The minimum Gasteiger partial charge on any atom is -0.380 e. The zero-order valence-electron chi connectivity index (χ0n) is 14.0. The van der Waals surface area contributed by atoms with Crippen LogP contribution in [-0.4, -0.2) is 15.9 Å². The number of aryl methyl sites for hydroxylation is 1. The summed E-state index contributed by atoms with van der Waals surface area (Å²) < 4.78 is 0. The summed E-state index contributed by atoms with van der Waals surface area (Å²) in [4.78, 5) is 26.0. The first-order chi connectivity index (χ1) is 12.4. The number of amides is 2. The van der Waals surface area contributed by atoms with Crippen LogP contribution in [-0.2, 0) is 6.54 Å². The molecule has 8 heteroatoms. The number of carbonyl (C=O) groups is 1. The average molecular weight is 351 g/mol. The van der Waals surface area contributed by atoms with E-state index in [1.165, 1.54) is 6.07 Å². The monoisotopic (exact) mass is 351 g/mol. The topological polar surface area (TPSA) is 123 Å². The first-order valence-corrected chi connectivity index (χ1v) is 7.88. The molecule has 0 aliphatic heterocycles. The number of nitrogens with one attached hydrogen (secondary N) is 2. The lowest BCUT2D eigenvalue weighted by atomic mass is 10.1. The first kappa shape index (κ1) is 17.2. The second kappa shape index (κ2) is 7.06. The van der Waals surface area contributed by atoms with Gasteiger partial charge in [0.1, 0.15) is 0 Å². The number of nitro groups is 1. The predicted octanol–water partition coefficient (Wildman–Crippen LogP) is 3.55. The van der Waals surface area contributed by atoms with Gasteiger partial charge < -0.3 is 16.4 Å². The fourth-order valence-electron chi connectivity index (χ4n) is 2.70. The van der Waals surface area contributed by atoms with E-state index in [0.717, 1.165) is 11.3 Å². The van der Waals surface area contributed by atoms with Crippen LogP contribution in [0.15, 0.2) is 48.5 Å². The van der Waals surface area contributed by atoms with E-state index in [1.54, 1.807) is 31.2 Å². The molecule has 3 aromatic rings. The molecule has 1 heterocycles. The summed E-state index contributed by atoms with van der Waals surface area (Å²) in [5.74, 6) is 0. The van der Waals surface area contributed by atoms with Gasteiger partial charge in [0.05, 0.1) is 4.92 Å². The van der Waals surface area contributed by atoms with Gasteiger partial charge in [0.2, 0.25) is 0 Å². The summed E-state index contributed by atoms with van der Waals surface area (Å²) in [7, 11) is 0. The standard InChI is InChI=1S/C18H17N5O3/c1-11-9-15(14-3-2-4-16(23(25)26)17(14)21-11)20-10-12-5-7-13(8-6-12)22-18(19)24/h2-9H,10H2,1H3,(H,20,21)(H3,19,22,24). The van der Waals surface area contributed by atoms with Crippen molar-refractivity contribution in [2.45, 2.75) is 13.5 Å². The largest absolute Gasteiger partial charge is 0.380 e. The summed E-state index contributed by atoms with van der Waals surface area (Å²) in [5.41, 5.74) is 8.48. The highest BCUT2D eigenvalue weighted by atomic mass is 16.6. The lowest BCUT2D eigenvalue weighted by Crippen LogP contribution is -2.19. The molecule has 0 radical (unpaired) electrons. The molecule has 8 nitrogen and oxygen atoms in total. The Morgan fingerprint density at radius 3 is 2.62 bits per heavy atom. The molecule has 1 aromatic heterocycles. The number of pyridine rings is 1. The normalized spacial score (nSPS) is 10.5. The van der Waals surface area contributed by atoms with Crippen LogP contribution in [0.1, 0.15) is 11.3 Å². The molecule has 0 spiro atoms.